The molecule has 26 heavy (non-hydrogen) atoms. The minimum atomic E-state index is -1.07. The number of aryl methyl sites for hydroxylation is 1. The van der Waals surface area contributed by atoms with Gasteiger partial charge in [0.15, 0.2) is 17.7 Å². The molecule has 0 radical (unpaired) electrons. The van der Waals surface area contributed by atoms with E-state index in [9.17, 15) is 18.4 Å². The number of carbonyl (C=O) groups is 2. The highest BCUT2D eigenvalue weighted by Gasteiger charge is 2.18. The number of amides is 1. The zero-order valence-electron chi connectivity index (χ0n) is 14.4. The molecule has 0 aliphatic carbocycles. The van der Waals surface area contributed by atoms with Crippen molar-refractivity contribution >= 4 is 29.3 Å². The van der Waals surface area contributed by atoms with E-state index in [2.05, 4.69) is 5.32 Å². The summed E-state index contributed by atoms with van der Waals surface area (Å²) in [7, 11) is 0. The van der Waals surface area contributed by atoms with Crippen molar-refractivity contribution in [1.29, 1.82) is 0 Å². The summed E-state index contributed by atoms with van der Waals surface area (Å²) in [5, 5.41) is 2.37. The van der Waals surface area contributed by atoms with Gasteiger partial charge in [-0.25, -0.2) is 8.78 Å². The van der Waals surface area contributed by atoms with E-state index in [1.807, 2.05) is 31.2 Å². The molecule has 7 heteroatoms. The average Bonchev–Trinajstić information content (AvgIpc) is 2.60. The van der Waals surface area contributed by atoms with Crippen LogP contribution in [-0.2, 0) is 20.1 Å². The molecule has 2 aromatic carbocycles. The van der Waals surface area contributed by atoms with Gasteiger partial charge in [0.1, 0.15) is 0 Å². The summed E-state index contributed by atoms with van der Waals surface area (Å²) < 4.78 is 31.1. The lowest BCUT2D eigenvalue weighted by Gasteiger charge is -2.13. The van der Waals surface area contributed by atoms with Crippen molar-refractivity contribution in [1.82, 2.24) is 0 Å². The maximum Gasteiger partial charge on any atom is 0.316 e. The predicted octanol–water partition coefficient (Wildman–Crippen LogP) is 4.08. The van der Waals surface area contributed by atoms with E-state index in [0.29, 0.717) is 5.75 Å². The van der Waals surface area contributed by atoms with Crippen molar-refractivity contribution in [2.75, 3.05) is 11.1 Å². The van der Waals surface area contributed by atoms with Crippen LogP contribution < -0.4 is 5.32 Å². The second-order valence-electron chi connectivity index (χ2n) is 5.73. The van der Waals surface area contributed by atoms with E-state index in [0.717, 1.165) is 17.7 Å². The first-order chi connectivity index (χ1) is 12.3. The number of ether oxygens (including phenoxy) is 1. The van der Waals surface area contributed by atoms with Crippen LogP contribution in [0.3, 0.4) is 0 Å². The molecule has 0 aliphatic rings. The number of halogens is 2. The lowest BCUT2D eigenvalue weighted by Crippen LogP contribution is -2.30. The largest absolute Gasteiger partial charge is 0.452 e. The molecule has 0 bridgehead atoms. The molecule has 138 valence electrons. The molecule has 0 aromatic heterocycles. The van der Waals surface area contributed by atoms with E-state index in [-0.39, 0.29) is 11.4 Å². The Bertz CT molecular complexity index is 781. The number of nitrogens with one attached hydrogen (secondary N) is 1. The van der Waals surface area contributed by atoms with Crippen LogP contribution in [-0.4, -0.2) is 23.7 Å². The van der Waals surface area contributed by atoms with E-state index in [1.54, 1.807) is 0 Å². The molecule has 0 saturated heterocycles. The molecule has 1 amide bonds. The van der Waals surface area contributed by atoms with Crippen LogP contribution in [0.1, 0.15) is 18.1 Å². The van der Waals surface area contributed by atoms with Crippen LogP contribution in [0.15, 0.2) is 42.5 Å². The Balaban J connectivity index is 1.75. The normalized spacial score (nSPS) is 11.7. The van der Waals surface area contributed by atoms with Gasteiger partial charge in [0, 0.05) is 17.5 Å². The van der Waals surface area contributed by atoms with Crippen LogP contribution in [0.25, 0.3) is 0 Å². The van der Waals surface area contributed by atoms with Crippen LogP contribution in [0.2, 0.25) is 0 Å². The first-order valence-corrected chi connectivity index (χ1v) is 9.09. The molecular formula is C19H19F2NO3S. The summed E-state index contributed by atoms with van der Waals surface area (Å²) in [4.78, 5) is 23.8. The van der Waals surface area contributed by atoms with Crippen molar-refractivity contribution in [3.05, 3.63) is 65.2 Å². The maximum atomic E-state index is 13.1. The Morgan fingerprint density at radius 3 is 2.46 bits per heavy atom. The number of hydrogen-bond donors (Lipinski definition) is 1. The SMILES string of the molecule is Cc1ccc(CSCC(=O)O[C@@H](C)C(=O)Nc2ccc(F)c(F)c2)cc1. The van der Waals surface area contributed by atoms with Gasteiger partial charge >= 0.3 is 5.97 Å². The first kappa shape index (κ1) is 19.9. The van der Waals surface area contributed by atoms with E-state index in [1.165, 1.54) is 30.3 Å². The molecule has 0 fully saturated rings. The number of hydrogen-bond acceptors (Lipinski definition) is 4. The monoisotopic (exact) mass is 379 g/mol. The average molecular weight is 379 g/mol. The van der Waals surface area contributed by atoms with Gasteiger partial charge in [0.05, 0.1) is 5.75 Å². The van der Waals surface area contributed by atoms with E-state index < -0.39 is 29.6 Å². The summed E-state index contributed by atoms with van der Waals surface area (Å²) in [5.74, 6) is -2.45. The van der Waals surface area contributed by atoms with E-state index in [4.69, 9.17) is 4.74 Å². The van der Waals surface area contributed by atoms with Crippen LogP contribution >= 0.6 is 11.8 Å². The second-order valence-corrected chi connectivity index (χ2v) is 6.71. The molecular weight excluding hydrogens is 360 g/mol. The first-order valence-electron chi connectivity index (χ1n) is 7.94. The number of carbonyl (C=O) groups excluding carboxylic acids is 2. The number of anilines is 1. The van der Waals surface area contributed by atoms with Gasteiger partial charge in [-0.15, -0.1) is 11.8 Å². The summed E-state index contributed by atoms with van der Waals surface area (Å²) in [6.45, 7) is 3.42. The molecule has 2 rings (SSSR count). The zero-order valence-corrected chi connectivity index (χ0v) is 15.2. The van der Waals surface area contributed by atoms with Gasteiger partial charge in [0.2, 0.25) is 0 Å². The molecule has 4 nitrogen and oxygen atoms in total. The van der Waals surface area contributed by atoms with Crippen LogP contribution in [0.5, 0.6) is 0 Å². The van der Waals surface area contributed by atoms with Crippen molar-refractivity contribution < 1.29 is 23.1 Å². The van der Waals surface area contributed by atoms with E-state index >= 15 is 0 Å². The standard InChI is InChI=1S/C19H19F2NO3S/c1-12-3-5-14(6-4-12)10-26-11-18(23)25-13(2)19(24)22-15-7-8-16(20)17(21)9-15/h3-9,13H,10-11H2,1-2H3,(H,22,24)/t13-/m0/s1. The van der Waals surface area contributed by atoms with Gasteiger partial charge in [-0.1, -0.05) is 29.8 Å². The fourth-order valence-electron chi connectivity index (χ4n) is 2.04. The second kappa shape index (κ2) is 9.33. The van der Waals surface area contributed by atoms with Crippen LogP contribution in [0.4, 0.5) is 14.5 Å². The number of benzene rings is 2. The molecule has 0 saturated carbocycles. The summed E-state index contributed by atoms with van der Waals surface area (Å²) in [6.07, 6.45) is -1.05. The number of rotatable bonds is 7. The molecule has 2 aromatic rings. The zero-order chi connectivity index (χ0) is 19.1. The van der Waals surface area contributed by atoms with Gasteiger partial charge < -0.3 is 10.1 Å². The fraction of sp³-hybridized carbons (Fsp3) is 0.263. The van der Waals surface area contributed by atoms with Gasteiger partial charge in [-0.05, 0) is 31.5 Å². The van der Waals surface area contributed by atoms with Gasteiger partial charge in [-0.3, -0.25) is 9.59 Å². The third-order valence-corrected chi connectivity index (χ3v) is 4.45. The Morgan fingerprint density at radius 1 is 1.12 bits per heavy atom. The lowest BCUT2D eigenvalue weighted by atomic mass is 10.2. The van der Waals surface area contributed by atoms with Crippen molar-refractivity contribution in [2.45, 2.75) is 25.7 Å². The van der Waals surface area contributed by atoms with Crippen molar-refractivity contribution in [3.63, 3.8) is 0 Å². The van der Waals surface area contributed by atoms with Crippen LogP contribution in [0, 0.1) is 18.6 Å². The number of esters is 1. The third kappa shape index (κ3) is 6.15. The Morgan fingerprint density at radius 2 is 1.81 bits per heavy atom. The Hall–Kier alpha value is -2.41. The highest BCUT2D eigenvalue weighted by Crippen LogP contribution is 2.15. The number of thioether (sulfide) groups is 1. The quantitative estimate of drug-likeness (QED) is 0.737. The minimum absolute atomic E-state index is 0.0885. The summed E-state index contributed by atoms with van der Waals surface area (Å²) >= 11 is 1.38. The minimum Gasteiger partial charge on any atom is -0.452 e. The van der Waals surface area contributed by atoms with Gasteiger partial charge in [0.25, 0.3) is 5.91 Å². The van der Waals surface area contributed by atoms with Crippen molar-refractivity contribution in [3.8, 4) is 0 Å². The third-order valence-electron chi connectivity index (χ3n) is 3.47. The topological polar surface area (TPSA) is 55.4 Å². The maximum absolute atomic E-state index is 13.1. The molecule has 1 atom stereocenters. The molecule has 0 unspecified atom stereocenters. The molecule has 0 heterocycles. The lowest BCUT2D eigenvalue weighted by molar-refractivity contribution is -0.150. The predicted molar refractivity (Wildman–Crippen MR) is 97.9 cm³/mol. The molecule has 1 N–H and O–H groups in total. The Labute approximate surface area is 154 Å². The van der Waals surface area contributed by atoms with Gasteiger partial charge in [-0.2, -0.15) is 0 Å². The summed E-state index contributed by atoms with van der Waals surface area (Å²) in [6, 6.07) is 11.0. The Kier molecular flexibility index (Phi) is 7.15. The smallest absolute Gasteiger partial charge is 0.316 e. The fourth-order valence-corrected chi connectivity index (χ4v) is 2.80. The summed E-state index contributed by atoms with van der Waals surface area (Å²) in [5.41, 5.74) is 2.35. The highest BCUT2D eigenvalue weighted by atomic mass is 32.2. The van der Waals surface area contributed by atoms with Crippen molar-refractivity contribution in [2.24, 2.45) is 0 Å². The highest BCUT2D eigenvalue weighted by molar-refractivity contribution is 7.99. The molecule has 0 spiro atoms. The molecule has 0 aliphatic heterocycles.